The Hall–Kier alpha value is -2.54. The van der Waals surface area contributed by atoms with Gasteiger partial charge >= 0.3 is 0 Å². The van der Waals surface area contributed by atoms with Crippen molar-refractivity contribution < 1.29 is 9.18 Å². The molecule has 0 aliphatic heterocycles. The minimum Gasteiger partial charge on any atom is -0.342 e. The highest BCUT2D eigenvalue weighted by Crippen LogP contribution is 2.18. The average molecular weight is 330 g/mol. The van der Waals surface area contributed by atoms with Gasteiger partial charge in [0.05, 0.1) is 11.7 Å². The molecule has 0 saturated carbocycles. The summed E-state index contributed by atoms with van der Waals surface area (Å²) in [6.07, 6.45) is 0. The van der Waals surface area contributed by atoms with Crippen molar-refractivity contribution >= 4 is 17.2 Å². The Labute approximate surface area is 136 Å². The van der Waals surface area contributed by atoms with Gasteiger partial charge in [-0.25, -0.2) is 14.1 Å². The van der Waals surface area contributed by atoms with Gasteiger partial charge in [-0.3, -0.25) is 4.79 Å². The SMILES string of the molecule is Cc1nc(C(=O)N[C@@H](C)c2cccs2)nn1-c1ccc(F)cc1. The van der Waals surface area contributed by atoms with Gasteiger partial charge in [-0.1, -0.05) is 6.07 Å². The smallest absolute Gasteiger partial charge is 0.291 e. The molecule has 0 saturated heterocycles. The minimum atomic E-state index is -0.338. The van der Waals surface area contributed by atoms with Gasteiger partial charge in [0, 0.05) is 4.88 Å². The molecule has 5 nitrogen and oxygen atoms in total. The number of aromatic nitrogens is 3. The summed E-state index contributed by atoms with van der Waals surface area (Å²) in [6, 6.07) is 9.66. The van der Waals surface area contributed by atoms with Crippen LogP contribution in [-0.2, 0) is 0 Å². The van der Waals surface area contributed by atoms with Crippen molar-refractivity contribution in [3.05, 3.63) is 64.1 Å². The third-order valence-corrected chi connectivity index (χ3v) is 4.42. The van der Waals surface area contributed by atoms with Crippen LogP contribution >= 0.6 is 11.3 Å². The highest BCUT2D eigenvalue weighted by atomic mass is 32.1. The van der Waals surface area contributed by atoms with E-state index >= 15 is 0 Å². The Bertz CT molecular complexity index is 811. The van der Waals surface area contributed by atoms with Gasteiger partial charge in [0.25, 0.3) is 5.91 Å². The number of aryl methyl sites for hydroxylation is 1. The lowest BCUT2D eigenvalue weighted by Gasteiger charge is -2.10. The Morgan fingerprint density at radius 2 is 2.04 bits per heavy atom. The molecule has 2 aromatic heterocycles. The summed E-state index contributed by atoms with van der Waals surface area (Å²) in [7, 11) is 0. The van der Waals surface area contributed by atoms with E-state index in [4.69, 9.17) is 0 Å². The van der Waals surface area contributed by atoms with Gasteiger partial charge < -0.3 is 5.32 Å². The Morgan fingerprint density at radius 1 is 1.30 bits per heavy atom. The van der Waals surface area contributed by atoms with E-state index < -0.39 is 0 Å². The van der Waals surface area contributed by atoms with Crippen molar-refractivity contribution in [1.82, 2.24) is 20.1 Å². The van der Waals surface area contributed by atoms with Crippen LogP contribution in [0, 0.1) is 12.7 Å². The largest absolute Gasteiger partial charge is 0.342 e. The van der Waals surface area contributed by atoms with Gasteiger partial charge in [-0.15, -0.1) is 16.4 Å². The van der Waals surface area contributed by atoms with E-state index in [1.807, 2.05) is 24.4 Å². The van der Waals surface area contributed by atoms with Crippen molar-refractivity contribution in [2.24, 2.45) is 0 Å². The molecule has 2 heterocycles. The maximum Gasteiger partial charge on any atom is 0.291 e. The van der Waals surface area contributed by atoms with Crippen LogP contribution in [0.5, 0.6) is 0 Å². The normalized spacial score (nSPS) is 12.1. The van der Waals surface area contributed by atoms with E-state index in [1.165, 1.54) is 16.8 Å². The zero-order valence-electron chi connectivity index (χ0n) is 12.7. The molecular weight excluding hydrogens is 315 g/mol. The predicted molar refractivity (Wildman–Crippen MR) is 86.3 cm³/mol. The first-order valence-electron chi connectivity index (χ1n) is 7.08. The van der Waals surface area contributed by atoms with Crippen molar-refractivity contribution in [2.75, 3.05) is 0 Å². The molecule has 0 aliphatic rings. The number of nitrogens with one attached hydrogen (secondary N) is 1. The van der Waals surface area contributed by atoms with Crippen molar-refractivity contribution in [3.63, 3.8) is 0 Å². The molecule has 0 bridgehead atoms. The second-order valence-electron chi connectivity index (χ2n) is 5.08. The molecule has 1 N–H and O–H groups in total. The average Bonchev–Trinajstić information content (AvgIpc) is 3.17. The number of carbonyl (C=O) groups is 1. The number of halogens is 1. The Morgan fingerprint density at radius 3 is 2.70 bits per heavy atom. The molecular formula is C16H15FN4OS. The first kappa shape index (κ1) is 15.4. The maximum atomic E-state index is 13.0. The summed E-state index contributed by atoms with van der Waals surface area (Å²) < 4.78 is 14.5. The van der Waals surface area contributed by atoms with Gasteiger partial charge in [0.2, 0.25) is 5.82 Å². The summed E-state index contributed by atoms with van der Waals surface area (Å²) in [4.78, 5) is 17.6. The first-order chi connectivity index (χ1) is 11.0. The van der Waals surface area contributed by atoms with E-state index in [9.17, 15) is 9.18 Å². The van der Waals surface area contributed by atoms with Crippen LogP contribution in [-0.4, -0.2) is 20.7 Å². The molecule has 0 fully saturated rings. The molecule has 0 unspecified atom stereocenters. The molecule has 1 aromatic carbocycles. The van der Waals surface area contributed by atoms with Crippen LogP contribution in [0.4, 0.5) is 4.39 Å². The predicted octanol–water partition coefficient (Wildman–Crippen LogP) is 3.27. The molecule has 3 rings (SSSR count). The number of carbonyl (C=O) groups excluding carboxylic acids is 1. The van der Waals surface area contributed by atoms with E-state index in [1.54, 1.807) is 30.4 Å². The second kappa shape index (κ2) is 6.29. The lowest BCUT2D eigenvalue weighted by Crippen LogP contribution is -2.27. The standard InChI is InChI=1S/C16H15FN4OS/c1-10(14-4-3-9-23-14)18-16(22)15-19-11(2)21(20-15)13-7-5-12(17)6-8-13/h3-10H,1-2H3,(H,18,22)/t10-/m0/s1. The number of amides is 1. The summed E-state index contributed by atoms with van der Waals surface area (Å²) in [5, 5.41) is 9.05. The van der Waals surface area contributed by atoms with Gasteiger partial charge in [0.15, 0.2) is 0 Å². The first-order valence-corrected chi connectivity index (χ1v) is 7.96. The maximum absolute atomic E-state index is 13.0. The summed E-state index contributed by atoms with van der Waals surface area (Å²) >= 11 is 1.58. The fourth-order valence-electron chi connectivity index (χ4n) is 2.18. The quantitative estimate of drug-likeness (QED) is 0.799. The lowest BCUT2D eigenvalue weighted by molar-refractivity contribution is 0.0930. The molecule has 0 aliphatic carbocycles. The van der Waals surface area contributed by atoms with Crippen molar-refractivity contribution in [3.8, 4) is 5.69 Å². The van der Waals surface area contributed by atoms with Crippen LogP contribution in [0.2, 0.25) is 0 Å². The number of rotatable bonds is 4. The summed E-state index contributed by atoms with van der Waals surface area (Å²) in [5.41, 5.74) is 0.654. The zero-order valence-corrected chi connectivity index (χ0v) is 13.5. The highest BCUT2D eigenvalue weighted by Gasteiger charge is 2.18. The molecule has 23 heavy (non-hydrogen) atoms. The molecule has 1 amide bonds. The highest BCUT2D eigenvalue weighted by molar-refractivity contribution is 7.10. The monoisotopic (exact) mass is 330 g/mol. The topological polar surface area (TPSA) is 59.8 Å². The van der Waals surface area contributed by atoms with E-state index in [-0.39, 0.29) is 23.6 Å². The van der Waals surface area contributed by atoms with E-state index in [0.717, 1.165) is 4.88 Å². The van der Waals surface area contributed by atoms with Gasteiger partial charge in [-0.05, 0) is 49.6 Å². The van der Waals surface area contributed by atoms with Crippen LogP contribution in [0.25, 0.3) is 5.69 Å². The molecule has 3 aromatic rings. The van der Waals surface area contributed by atoms with Crippen LogP contribution in [0.3, 0.4) is 0 Å². The number of benzene rings is 1. The fraction of sp³-hybridized carbons (Fsp3) is 0.188. The zero-order chi connectivity index (χ0) is 16.4. The number of thiophene rings is 1. The van der Waals surface area contributed by atoms with Crippen molar-refractivity contribution in [2.45, 2.75) is 19.9 Å². The van der Waals surface area contributed by atoms with Crippen LogP contribution in [0.15, 0.2) is 41.8 Å². The molecule has 118 valence electrons. The van der Waals surface area contributed by atoms with E-state index in [2.05, 4.69) is 15.4 Å². The molecule has 1 atom stereocenters. The number of nitrogens with zero attached hydrogens (tertiary/aromatic N) is 3. The number of hydrogen-bond acceptors (Lipinski definition) is 4. The molecule has 7 heteroatoms. The lowest BCUT2D eigenvalue weighted by atomic mass is 10.3. The van der Waals surface area contributed by atoms with Crippen LogP contribution < -0.4 is 5.32 Å². The third kappa shape index (κ3) is 3.29. The second-order valence-corrected chi connectivity index (χ2v) is 6.06. The van der Waals surface area contributed by atoms with Gasteiger partial charge in [0.1, 0.15) is 11.6 Å². The third-order valence-electron chi connectivity index (χ3n) is 3.36. The Kier molecular flexibility index (Phi) is 4.20. The minimum absolute atomic E-state index is 0.0928. The Balaban J connectivity index is 1.80. The molecule has 0 radical (unpaired) electrons. The summed E-state index contributed by atoms with van der Waals surface area (Å²) in [6.45, 7) is 3.66. The van der Waals surface area contributed by atoms with Gasteiger partial charge in [-0.2, -0.15) is 0 Å². The van der Waals surface area contributed by atoms with E-state index in [0.29, 0.717) is 11.5 Å². The summed E-state index contributed by atoms with van der Waals surface area (Å²) in [5.74, 6) is -0.00937. The molecule has 0 spiro atoms. The fourth-order valence-corrected chi connectivity index (χ4v) is 2.92. The number of hydrogen-bond donors (Lipinski definition) is 1. The van der Waals surface area contributed by atoms with Crippen molar-refractivity contribution in [1.29, 1.82) is 0 Å². The van der Waals surface area contributed by atoms with Crippen LogP contribution in [0.1, 0.15) is 34.3 Å².